The highest BCUT2D eigenvalue weighted by atomic mass is 16.8. The number of hydrogen-bond acceptors (Lipinski definition) is 22. The Balaban J connectivity index is 1.44. The van der Waals surface area contributed by atoms with Crippen molar-refractivity contribution >= 4 is 29.7 Å². The van der Waals surface area contributed by atoms with Crippen molar-refractivity contribution in [2.24, 2.45) is 0 Å². The Labute approximate surface area is 368 Å². The number of carboxylic acid groups (broad SMARTS) is 2. The molecule has 20 atom stereocenters. The van der Waals surface area contributed by atoms with Crippen molar-refractivity contribution in [2.45, 2.75) is 144 Å². The van der Waals surface area contributed by atoms with E-state index in [0.717, 1.165) is 25.1 Å². The van der Waals surface area contributed by atoms with Crippen LogP contribution in [0.1, 0.15) is 51.8 Å². The Morgan fingerprint density at radius 3 is 1.69 bits per heavy atom. The summed E-state index contributed by atoms with van der Waals surface area (Å²) in [6.07, 6.45) is -32.6. The van der Waals surface area contributed by atoms with E-state index in [0.29, 0.717) is 0 Å². The van der Waals surface area contributed by atoms with Crippen molar-refractivity contribution in [3.63, 3.8) is 0 Å². The monoisotopic (exact) mass is 937 g/mol. The second-order valence-corrected chi connectivity index (χ2v) is 15.7. The average Bonchev–Trinajstić information content (AvgIpc) is 3.27. The normalized spacial score (nSPS) is 39.8. The van der Waals surface area contributed by atoms with Gasteiger partial charge in [-0.3, -0.25) is 14.4 Å². The Bertz CT molecular complexity index is 1840. The molecule has 4 fully saturated rings. The second-order valence-electron chi connectivity index (χ2n) is 15.7. The van der Waals surface area contributed by atoms with Gasteiger partial charge in [-0.15, -0.1) is 0 Å². The van der Waals surface area contributed by atoms with Gasteiger partial charge in [-0.05, 0) is 32.0 Å². The van der Waals surface area contributed by atoms with Crippen LogP contribution >= 0.6 is 0 Å². The number of aromatic carboxylic acids is 2. The van der Waals surface area contributed by atoms with E-state index in [4.69, 9.17) is 37.9 Å². The summed E-state index contributed by atoms with van der Waals surface area (Å²) in [4.78, 5) is 61.7. The average molecular weight is 938 g/mol. The summed E-state index contributed by atoms with van der Waals surface area (Å²) < 4.78 is 46.9. The van der Waals surface area contributed by atoms with Gasteiger partial charge in [-0.25, -0.2) is 9.59 Å². The molecular formula is C38H55N3O24. The van der Waals surface area contributed by atoms with Gasteiger partial charge in [0.25, 0.3) is 5.91 Å². The predicted octanol–water partition coefficient (Wildman–Crippen LogP) is -6.95. The van der Waals surface area contributed by atoms with Gasteiger partial charge in [0.2, 0.25) is 11.8 Å². The van der Waals surface area contributed by atoms with Gasteiger partial charge in [0.15, 0.2) is 25.2 Å². The molecule has 4 heterocycles. The van der Waals surface area contributed by atoms with Crippen LogP contribution in [0.2, 0.25) is 0 Å². The lowest BCUT2D eigenvalue weighted by molar-refractivity contribution is -0.389. The van der Waals surface area contributed by atoms with E-state index in [1.807, 2.05) is 0 Å². The third kappa shape index (κ3) is 11.7. The lowest BCUT2D eigenvalue weighted by atomic mass is 9.94. The van der Waals surface area contributed by atoms with Crippen LogP contribution in [0, 0.1) is 0 Å². The molecular weight excluding hydrogens is 882 g/mol. The van der Waals surface area contributed by atoms with Crippen LogP contribution in [0.4, 0.5) is 0 Å². The number of carboxylic acids is 2. The first-order chi connectivity index (χ1) is 30.6. The van der Waals surface area contributed by atoms with E-state index >= 15 is 0 Å². The number of hydrogen-bond donors (Lipinski definition) is 14. The van der Waals surface area contributed by atoms with Crippen molar-refractivity contribution in [3.8, 4) is 0 Å². The topological polar surface area (TPSA) is 418 Å². The Morgan fingerprint density at radius 1 is 0.615 bits per heavy atom. The van der Waals surface area contributed by atoms with E-state index in [9.17, 15) is 80.1 Å². The van der Waals surface area contributed by atoms with E-state index in [1.165, 1.54) is 21.0 Å². The van der Waals surface area contributed by atoms with Crippen LogP contribution in [0.25, 0.3) is 0 Å². The zero-order valence-corrected chi connectivity index (χ0v) is 35.1. The minimum atomic E-state index is -2.10. The molecule has 1 aromatic rings. The maximum absolute atomic E-state index is 13.0. The molecule has 4 saturated heterocycles. The molecule has 366 valence electrons. The summed E-state index contributed by atoms with van der Waals surface area (Å²) in [5.74, 6) is -5.84. The van der Waals surface area contributed by atoms with Gasteiger partial charge in [-0.2, -0.15) is 0 Å². The molecule has 14 N–H and O–H groups in total. The molecule has 65 heavy (non-hydrogen) atoms. The van der Waals surface area contributed by atoms with Gasteiger partial charge in [-0.1, -0.05) is 0 Å². The lowest BCUT2D eigenvalue weighted by Gasteiger charge is -2.51. The van der Waals surface area contributed by atoms with Crippen molar-refractivity contribution in [1.82, 2.24) is 16.0 Å². The zero-order chi connectivity index (χ0) is 48.2. The number of aliphatic hydroxyl groups is 9. The number of benzene rings is 1. The molecule has 3 amide bonds. The minimum absolute atomic E-state index is 0.418. The number of methoxy groups -OCH3 is 1. The maximum atomic E-state index is 13.0. The third-order valence-corrected chi connectivity index (χ3v) is 11.2. The Kier molecular flexibility index (Phi) is 17.7. The predicted molar refractivity (Wildman–Crippen MR) is 206 cm³/mol. The smallest absolute Gasteiger partial charge is 0.336 e. The molecule has 4 aliphatic rings. The van der Waals surface area contributed by atoms with Crippen LogP contribution in [0.5, 0.6) is 0 Å². The highest BCUT2D eigenvalue weighted by Gasteiger charge is 2.56. The van der Waals surface area contributed by atoms with Crippen LogP contribution < -0.4 is 16.0 Å². The van der Waals surface area contributed by atoms with Crippen LogP contribution in [-0.2, 0) is 47.5 Å². The first kappa shape index (κ1) is 51.9. The Morgan fingerprint density at radius 2 is 1.17 bits per heavy atom. The highest BCUT2D eigenvalue weighted by molar-refractivity contribution is 6.07. The molecule has 27 nitrogen and oxygen atoms in total. The summed E-state index contributed by atoms with van der Waals surface area (Å²) in [6.45, 7) is 1.42. The standard InChI is InChI=1S/C38H55N3O24/c1-11-21(45)24(48)27(51)36(59-11)63-29-18(10-42)62-35(58-4)20(41-13(3)43)30(29)64-38-31(65-37-28(52)25(49)22(46)12(2)60-37)26(50)23(47)17(61-38)8-39-19(44)9-40-32(53)16-7-14(33(54)55)5-6-15(16)34(56)57/h5-7,11-12,17-18,20-31,35-38,42,45-52H,8-10H2,1-4H3,(H,39,44)(H,40,53)(H,41,43)(H,54,55)(H,56,57)/t11-,12-,17+,18+,20+,21+,22+,23-,24+,25+,26-,27-,28-,29+,30+,31+,35+,36-,37-,38-/m0/s1. The van der Waals surface area contributed by atoms with Crippen molar-refractivity contribution in [1.29, 1.82) is 0 Å². The molecule has 4 aliphatic heterocycles. The highest BCUT2D eigenvalue weighted by Crippen LogP contribution is 2.35. The van der Waals surface area contributed by atoms with Crippen LogP contribution in [0.3, 0.4) is 0 Å². The van der Waals surface area contributed by atoms with Crippen LogP contribution in [-0.4, -0.2) is 235 Å². The maximum Gasteiger partial charge on any atom is 0.336 e. The molecule has 0 bridgehead atoms. The van der Waals surface area contributed by atoms with Crippen LogP contribution in [0.15, 0.2) is 18.2 Å². The van der Waals surface area contributed by atoms with Gasteiger partial charge >= 0.3 is 11.9 Å². The van der Waals surface area contributed by atoms with Gasteiger partial charge in [0.05, 0.1) is 42.0 Å². The van der Waals surface area contributed by atoms with E-state index in [2.05, 4.69) is 16.0 Å². The quantitative estimate of drug-likeness (QED) is 0.0732. The number of nitrogens with one attached hydrogen (secondary N) is 3. The SMILES string of the molecule is CO[C@@H]1O[C@H](CO)[C@@H](O[C@@H]2O[C@@H](C)[C@@H](O)[C@@H](O)[C@@H]2O)[C@H](O[C@@H]2O[C@H](CNC(=O)CNC(=O)c3cc(C(=O)O)ccc3C(=O)O)[C@H](O)[C@H](O)[C@H]2O[C@@H]2O[C@@H](C)[C@@H](O)[C@@H](O)[C@@H]2O)[C@H]1NC(C)=O. The van der Waals surface area contributed by atoms with E-state index in [1.54, 1.807) is 0 Å². The molecule has 0 aromatic heterocycles. The first-order valence-electron chi connectivity index (χ1n) is 20.2. The summed E-state index contributed by atoms with van der Waals surface area (Å²) in [7, 11) is 1.17. The molecule has 5 rings (SSSR count). The molecule has 0 aliphatic carbocycles. The largest absolute Gasteiger partial charge is 0.478 e. The van der Waals surface area contributed by atoms with Crippen molar-refractivity contribution in [2.75, 3.05) is 26.8 Å². The summed E-state index contributed by atoms with van der Waals surface area (Å²) >= 11 is 0. The number of carbonyl (C=O) groups is 5. The van der Waals surface area contributed by atoms with E-state index in [-0.39, 0.29) is 0 Å². The van der Waals surface area contributed by atoms with Crippen molar-refractivity contribution < 1.29 is 118 Å². The number of carbonyl (C=O) groups excluding carboxylic acids is 3. The number of rotatable bonds is 16. The molecule has 0 saturated carbocycles. The number of aliphatic hydroxyl groups excluding tert-OH is 9. The van der Waals surface area contributed by atoms with Crippen molar-refractivity contribution in [3.05, 3.63) is 34.9 Å². The lowest BCUT2D eigenvalue weighted by Crippen LogP contribution is -2.70. The number of amides is 3. The van der Waals surface area contributed by atoms with Gasteiger partial charge < -0.3 is 110 Å². The molecule has 27 heteroatoms. The number of ether oxygens (including phenoxy) is 8. The zero-order valence-electron chi connectivity index (χ0n) is 35.1. The van der Waals surface area contributed by atoms with Gasteiger partial charge in [0, 0.05) is 20.6 Å². The minimum Gasteiger partial charge on any atom is -0.478 e. The molecule has 0 unspecified atom stereocenters. The fraction of sp³-hybridized carbons (Fsp3) is 0.711. The van der Waals surface area contributed by atoms with E-state index < -0.39 is 189 Å². The first-order valence-corrected chi connectivity index (χ1v) is 20.2. The summed E-state index contributed by atoms with van der Waals surface area (Å²) in [5.41, 5.74) is -1.56. The molecule has 0 spiro atoms. The second kappa shape index (κ2) is 22.1. The molecule has 1 aromatic carbocycles. The summed E-state index contributed by atoms with van der Waals surface area (Å²) in [5, 5.41) is 123. The molecule has 0 radical (unpaired) electrons. The fourth-order valence-corrected chi connectivity index (χ4v) is 7.60. The third-order valence-electron chi connectivity index (χ3n) is 11.2. The summed E-state index contributed by atoms with van der Waals surface area (Å²) in [6, 6.07) is 1.22. The fourth-order valence-electron chi connectivity index (χ4n) is 7.60. The van der Waals surface area contributed by atoms with Gasteiger partial charge in [0.1, 0.15) is 85.4 Å². The Hall–Kier alpha value is -4.11.